The molecule has 0 aromatic heterocycles. The SMILES string of the molecule is CC1Cc2ccccc2N(c2c(F)cccc2[C@H](C)O)C1. The Hall–Kier alpha value is -1.87. The summed E-state index contributed by atoms with van der Waals surface area (Å²) in [4.78, 5) is 2.01. The number of nitrogens with zero attached hydrogens (tertiary/aromatic N) is 1. The zero-order valence-corrected chi connectivity index (χ0v) is 12.4. The van der Waals surface area contributed by atoms with Crippen molar-refractivity contribution in [2.24, 2.45) is 5.92 Å². The molecule has 0 radical (unpaired) electrons. The van der Waals surface area contributed by atoms with Crippen LogP contribution in [0.2, 0.25) is 0 Å². The van der Waals surface area contributed by atoms with Crippen LogP contribution in [-0.2, 0) is 6.42 Å². The predicted octanol–water partition coefficient (Wildman–Crippen LogP) is 4.21. The highest BCUT2D eigenvalue weighted by Gasteiger charge is 2.27. The predicted molar refractivity (Wildman–Crippen MR) is 83.3 cm³/mol. The van der Waals surface area contributed by atoms with Gasteiger partial charge in [-0.1, -0.05) is 37.3 Å². The fourth-order valence-corrected chi connectivity index (χ4v) is 3.16. The topological polar surface area (TPSA) is 23.5 Å². The van der Waals surface area contributed by atoms with E-state index in [-0.39, 0.29) is 5.82 Å². The second kappa shape index (κ2) is 5.49. The van der Waals surface area contributed by atoms with Gasteiger partial charge in [0.25, 0.3) is 0 Å². The molecule has 0 bridgehead atoms. The Bertz CT molecular complexity index is 653. The van der Waals surface area contributed by atoms with Gasteiger partial charge in [-0.3, -0.25) is 0 Å². The molecule has 1 aliphatic rings. The van der Waals surface area contributed by atoms with Crippen LogP contribution in [0.4, 0.5) is 15.8 Å². The normalized spacial score (nSPS) is 19.2. The highest BCUT2D eigenvalue weighted by Crippen LogP contribution is 2.39. The highest BCUT2D eigenvalue weighted by atomic mass is 19.1. The van der Waals surface area contributed by atoms with E-state index in [2.05, 4.69) is 13.0 Å². The summed E-state index contributed by atoms with van der Waals surface area (Å²) in [6.45, 7) is 4.61. The van der Waals surface area contributed by atoms with Gasteiger partial charge in [0.15, 0.2) is 0 Å². The number of fused-ring (bicyclic) bond motifs is 1. The zero-order chi connectivity index (χ0) is 15.0. The van der Waals surface area contributed by atoms with E-state index in [0.717, 1.165) is 18.7 Å². The van der Waals surface area contributed by atoms with Gasteiger partial charge in [-0.2, -0.15) is 0 Å². The van der Waals surface area contributed by atoms with Gasteiger partial charge >= 0.3 is 0 Å². The molecular formula is C18H20FNO. The molecule has 0 fully saturated rings. The average molecular weight is 285 g/mol. The largest absolute Gasteiger partial charge is 0.389 e. The van der Waals surface area contributed by atoms with Crippen LogP contribution in [-0.4, -0.2) is 11.7 Å². The van der Waals surface area contributed by atoms with Crippen LogP contribution in [0.15, 0.2) is 42.5 Å². The van der Waals surface area contributed by atoms with Crippen molar-refractivity contribution in [2.45, 2.75) is 26.4 Å². The van der Waals surface area contributed by atoms with Crippen molar-refractivity contribution < 1.29 is 9.50 Å². The van der Waals surface area contributed by atoms with Crippen molar-refractivity contribution in [3.8, 4) is 0 Å². The fraction of sp³-hybridized carbons (Fsp3) is 0.333. The molecule has 0 saturated carbocycles. The quantitative estimate of drug-likeness (QED) is 0.893. The monoisotopic (exact) mass is 285 g/mol. The number of anilines is 2. The maximum Gasteiger partial charge on any atom is 0.147 e. The summed E-state index contributed by atoms with van der Waals surface area (Å²) in [5, 5.41) is 9.98. The Balaban J connectivity index is 2.17. The number of hydrogen-bond donors (Lipinski definition) is 1. The van der Waals surface area contributed by atoms with E-state index in [0.29, 0.717) is 17.2 Å². The lowest BCUT2D eigenvalue weighted by molar-refractivity contribution is 0.199. The maximum atomic E-state index is 14.5. The minimum atomic E-state index is -0.694. The molecule has 2 aromatic carbocycles. The zero-order valence-electron chi connectivity index (χ0n) is 12.4. The summed E-state index contributed by atoms with van der Waals surface area (Å²) >= 11 is 0. The molecule has 1 heterocycles. The van der Waals surface area contributed by atoms with E-state index >= 15 is 0 Å². The maximum absolute atomic E-state index is 14.5. The van der Waals surface area contributed by atoms with Crippen LogP contribution >= 0.6 is 0 Å². The van der Waals surface area contributed by atoms with Gasteiger partial charge in [-0.05, 0) is 37.0 Å². The Morgan fingerprint density at radius 1 is 1.19 bits per heavy atom. The summed E-state index contributed by atoms with van der Waals surface area (Å²) < 4.78 is 14.5. The second-order valence-corrected chi connectivity index (χ2v) is 5.90. The van der Waals surface area contributed by atoms with Crippen molar-refractivity contribution >= 4 is 11.4 Å². The smallest absolute Gasteiger partial charge is 0.147 e. The van der Waals surface area contributed by atoms with Crippen molar-refractivity contribution in [3.05, 3.63) is 59.4 Å². The van der Waals surface area contributed by atoms with Gasteiger partial charge < -0.3 is 10.0 Å². The molecule has 1 aliphatic heterocycles. The van der Waals surface area contributed by atoms with E-state index in [4.69, 9.17) is 0 Å². The standard InChI is InChI=1S/C18H20FNO/c1-12-10-14-6-3-4-9-17(14)20(11-12)18-15(13(2)21)7-5-8-16(18)19/h3-9,12-13,21H,10-11H2,1-2H3/t12?,13-/m0/s1. The molecule has 1 N–H and O–H groups in total. The van der Waals surface area contributed by atoms with Crippen molar-refractivity contribution in [1.82, 2.24) is 0 Å². The molecule has 0 amide bonds. The third-order valence-electron chi connectivity index (χ3n) is 4.08. The summed E-state index contributed by atoms with van der Waals surface area (Å²) in [6.07, 6.45) is 0.311. The lowest BCUT2D eigenvalue weighted by Crippen LogP contribution is -2.32. The average Bonchev–Trinajstić information content (AvgIpc) is 2.46. The number of halogens is 1. The number of para-hydroxylation sites is 2. The van der Waals surface area contributed by atoms with Gasteiger partial charge in [-0.15, -0.1) is 0 Å². The molecular weight excluding hydrogens is 265 g/mol. The number of hydrogen-bond acceptors (Lipinski definition) is 2. The van der Waals surface area contributed by atoms with Crippen LogP contribution in [0.3, 0.4) is 0 Å². The second-order valence-electron chi connectivity index (χ2n) is 5.90. The fourth-order valence-electron chi connectivity index (χ4n) is 3.16. The first-order valence-corrected chi connectivity index (χ1v) is 7.40. The van der Waals surface area contributed by atoms with Crippen molar-refractivity contribution in [3.63, 3.8) is 0 Å². The van der Waals surface area contributed by atoms with Crippen molar-refractivity contribution in [1.29, 1.82) is 0 Å². The van der Waals surface area contributed by atoms with E-state index in [1.54, 1.807) is 19.1 Å². The van der Waals surface area contributed by atoms with Crippen LogP contribution in [0, 0.1) is 11.7 Å². The molecule has 2 aromatic rings. The lowest BCUT2D eigenvalue weighted by Gasteiger charge is -2.36. The molecule has 2 atom stereocenters. The Kier molecular flexibility index (Phi) is 3.68. The van der Waals surface area contributed by atoms with Gasteiger partial charge in [0.1, 0.15) is 5.82 Å². The molecule has 3 heteroatoms. The van der Waals surface area contributed by atoms with Gasteiger partial charge in [0, 0.05) is 17.8 Å². The lowest BCUT2D eigenvalue weighted by atomic mass is 9.92. The van der Waals surface area contributed by atoms with E-state index in [1.165, 1.54) is 11.6 Å². The summed E-state index contributed by atoms with van der Waals surface area (Å²) in [5.41, 5.74) is 3.42. The third-order valence-corrected chi connectivity index (χ3v) is 4.08. The van der Waals surface area contributed by atoms with Gasteiger partial charge in [0.05, 0.1) is 11.8 Å². The number of rotatable bonds is 2. The van der Waals surface area contributed by atoms with Gasteiger partial charge in [-0.25, -0.2) is 4.39 Å². The van der Waals surface area contributed by atoms with Crippen LogP contribution in [0.25, 0.3) is 0 Å². The first kappa shape index (κ1) is 14.1. The first-order chi connectivity index (χ1) is 10.1. The Morgan fingerprint density at radius 3 is 2.71 bits per heavy atom. The van der Waals surface area contributed by atoms with E-state index < -0.39 is 6.10 Å². The minimum Gasteiger partial charge on any atom is -0.389 e. The van der Waals surface area contributed by atoms with Crippen LogP contribution in [0.1, 0.15) is 31.1 Å². The van der Waals surface area contributed by atoms with Crippen molar-refractivity contribution in [2.75, 3.05) is 11.4 Å². The molecule has 0 aliphatic carbocycles. The highest BCUT2D eigenvalue weighted by molar-refractivity contribution is 5.71. The summed E-state index contributed by atoms with van der Waals surface area (Å²) in [6, 6.07) is 13.0. The van der Waals surface area contributed by atoms with E-state index in [9.17, 15) is 9.50 Å². The summed E-state index contributed by atoms with van der Waals surface area (Å²) in [5.74, 6) is 0.165. The number of aliphatic hydroxyl groups is 1. The molecule has 0 spiro atoms. The molecule has 2 nitrogen and oxygen atoms in total. The number of benzene rings is 2. The van der Waals surface area contributed by atoms with Gasteiger partial charge in [0.2, 0.25) is 0 Å². The van der Waals surface area contributed by atoms with Crippen LogP contribution < -0.4 is 4.90 Å². The molecule has 1 unspecified atom stereocenters. The first-order valence-electron chi connectivity index (χ1n) is 7.40. The number of aliphatic hydroxyl groups excluding tert-OH is 1. The molecule has 3 rings (SSSR count). The Morgan fingerprint density at radius 2 is 1.95 bits per heavy atom. The van der Waals surface area contributed by atoms with Crippen LogP contribution in [0.5, 0.6) is 0 Å². The molecule has 0 saturated heterocycles. The minimum absolute atomic E-state index is 0.280. The van der Waals surface area contributed by atoms with E-state index in [1.807, 2.05) is 23.1 Å². The molecule has 110 valence electrons. The molecule has 21 heavy (non-hydrogen) atoms. The Labute approximate surface area is 124 Å². The third kappa shape index (κ3) is 2.54. The summed E-state index contributed by atoms with van der Waals surface area (Å²) in [7, 11) is 0.